The predicted molar refractivity (Wildman–Crippen MR) is 148 cm³/mol. The number of anilines is 2. The lowest BCUT2D eigenvalue weighted by Crippen LogP contribution is -2.31. The van der Waals surface area contributed by atoms with Crippen LogP contribution in [0.2, 0.25) is 5.02 Å². The molecule has 1 amide bonds. The van der Waals surface area contributed by atoms with Gasteiger partial charge in [0.2, 0.25) is 10.0 Å². The van der Waals surface area contributed by atoms with Crippen LogP contribution < -0.4 is 14.8 Å². The fourth-order valence-corrected chi connectivity index (χ4v) is 6.10. The van der Waals surface area contributed by atoms with Gasteiger partial charge in [-0.05, 0) is 74.8 Å². The fourth-order valence-electron chi connectivity index (χ4n) is 4.44. The minimum absolute atomic E-state index is 0.0286. The molecule has 1 fully saturated rings. The lowest BCUT2D eigenvalue weighted by molar-refractivity contribution is -0.137. The minimum Gasteiger partial charge on any atom is -0.456 e. The molecule has 1 aliphatic heterocycles. The van der Waals surface area contributed by atoms with Crippen molar-refractivity contribution in [3.05, 3.63) is 76.2 Å². The quantitative estimate of drug-likeness (QED) is 0.268. The van der Waals surface area contributed by atoms with Gasteiger partial charge < -0.3 is 15.0 Å². The number of halogens is 5. The Bertz CT molecular complexity index is 1550. The van der Waals surface area contributed by atoms with Crippen LogP contribution in [0.5, 0.6) is 11.5 Å². The van der Waals surface area contributed by atoms with Crippen LogP contribution in [0, 0.1) is 12.7 Å². The van der Waals surface area contributed by atoms with Gasteiger partial charge in [-0.3, -0.25) is 9.52 Å². The highest BCUT2D eigenvalue weighted by molar-refractivity contribution is 7.93. The second-order valence-electron chi connectivity index (χ2n) is 9.58. The van der Waals surface area contributed by atoms with E-state index < -0.39 is 49.5 Å². The number of rotatable bonds is 9. The molecule has 2 N–H and O–H groups in total. The summed E-state index contributed by atoms with van der Waals surface area (Å²) in [4.78, 5) is 19.3. The number of likely N-dealkylation sites (tertiary alicyclic amines) is 1. The minimum atomic E-state index is -4.84. The number of nitrogens with one attached hydrogen (secondary N) is 2. The van der Waals surface area contributed by atoms with Gasteiger partial charge in [-0.15, -0.1) is 0 Å². The first kappa shape index (κ1) is 30.5. The topological polar surface area (TPSA) is 101 Å². The number of nitrogens with zero attached hydrogens (tertiary/aromatic N) is 2. The number of hydrogen-bond acceptors (Lipinski definition) is 6. The van der Waals surface area contributed by atoms with Crippen LogP contribution in [-0.2, 0) is 16.2 Å². The first-order chi connectivity index (χ1) is 19.3. The van der Waals surface area contributed by atoms with Crippen LogP contribution in [0.3, 0.4) is 0 Å². The van der Waals surface area contributed by atoms with Crippen molar-refractivity contribution in [1.29, 1.82) is 0 Å². The largest absolute Gasteiger partial charge is 0.456 e. The van der Waals surface area contributed by atoms with Crippen molar-refractivity contribution in [2.45, 2.75) is 38.1 Å². The van der Waals surface area contributed by atoms with E-state index in [0.717, 1.165) is 31.2 Å². The number of aromatic nitrogens is 1. The van der Waals surface area contributed by atoms with E-state index in [2.05, 4.69) is 19.9 Å². The van der Waals surface area contributed by atoms with E-state index in [1.54, 1.807) is 0 Å². The Labute approximate surface area is 239 Å². The zero-order chi connectivity index (χ0) is 29.9. The van der Waals surface area contributed by atoms with Crippen molar-refractivity contribution in [1.82, 2.24) is 9.88 Å². The zero-order valence-corrected chi connectivity index (χ0v) is 23.6. The van der Waals surface area contributed by atoms with Crippen molar-refractivity contribution in [3.63, 3.8) is 0 Å². The Hall–Kier alpha value is -3.42. The van der Waals surface area contributed by atoms with E-state index in [9.17, 15) is 30.8 Å². The summed E-state index contributed by atoms with van der Waals surface area (Å²) < 4.78 is 88.2. The summed E-state index contributed by atoms with van der Waals surface area (Å²) in [7, 11) is -3.77. The highest BCUT2D eigenvalue weighted by Crippen LogP contribution is 2.40. The molecule has 220 valence electrons. The molecule has 0 spiro atoms. The first-order valence-electron chi connectivity index (χ1n) is 12.6. The van der Waals surface area contributed by atoms with Crippen molar-refractivity contribution >= 4 is 39.0 Å². The molecule has 1 atom stereocenters. The van der Waals surface area contributed by atoms with Crippen molar-refractivity contribution in [3.8, 4) is 11.5 Å². The monoisotopic (exact) mass is 614 g/mol. The van der Waals surface area contributed by atoms with Crippen molar-refractivity contribution in [2.75, 3.05) is 29.7 Å². The second-order valence-corrected chi connectivity index (χ2v) is 11.9. The van der Waals surface area contributed by atoms with Gasteiger partial charge in [0.15, 0.2) is 0 Å². The molecule has 41 heavy (non-hydrogen) atoms. The van der Waals surface area contributed by atoms with Crippen LogP contribution in [0.25, 0.3) is 0 Å². The molecule has 0 saturated carbocycles. The standard InChI is InChI=1S/C27H27ClF4N4O4S/c1-3-9-36-10-7-19(15-36)41(38,39)35-25-12-18(6-8-33-25)34-26(37)20-13-22(28)21(27(30,31)32)14-24(20)40-23-5-4-17(29)11-16(23)2/h4-6,8,11-14,19H,3,7,9-10,15H2,1-2H3,(H2,33,34,35,37)/t19-/m0/s1. The fraction of sp³-hybridized carbons (Fsp3) is 0.333. The van der Waals surface area contributed by atoms with Crippen LogP contribution in [0.4, 0.5) is 29.1 Å². The van der Waals surface area contributed by atoms with E-state index >= 15 is 0 Å². The Balaban J connectivity index is 1.58. The average molecular weight is 615 g/mol. The summed E-state index contributed by atoms with van der Waals surface area (Å²) in [6.45, 7) is 5.36. The summed E-state index contributed by atoms with van der Waals surface area (Å²) in [6.07, 6.45) is -2.20. The molecule has 2 heterocycles. The lowest BCUT2D eigenvalue weighted by Gasteiger charge is -2.17. The normalized spacial score (nSPS) is 16.0. The number of alkyl halides is 3. The van der Waals surface area contributed by atoms with E-state index in [1.165, 1.54) is 31.3 Å². The van der Waals surface area contributed by atoms with Crippen molar-refractivity contribution in [2.24, 2.45) is 0 Å². The SMILES string of the molecule is CCCN1CC[C@H](S(=O)(=O)Nc2cc(NC(=O)c3cc(Cl)c(C(F)(F)F)cc3Oc3ccc(F)cc3C)ccn2)C1. The maximum Gasteiger partial charge on any atom is 0.417 e. The van der Waals surface area contributed by atoms with Crippen LogP contribution in [0.15, 0.2) is 48.7 Å². The smallest absolute Gasteiger partial charge is 0.417 e. The summed E-state index contributed by atoms with van der Waals surface area (Å²) in [5, 5.41) is 1.15. The molecule has 1 aliphatic rings. The van der Waals surface area contributed by atoms with Gasteiger partial charge in [0, 0.05) is 24.5 Å². The molecular formula is C27H27ClF4N4O4S. The molecule has 3 aromatic rings. The van der Waals surface area contributed by atoms with Gasteiger partial charge >= 0.3 is 6.18 Å². The summed E-state index contributed by atoms with van der Waals surface area (Å²) >= 11 is 5.88. The van der Waals surface area contributed by atoms with E-state index in [1.807, 2.05) is 6.92 Å². The lowest BCUT2D eigenvalue weighted by atomic mass is 10.1. The van der Waals surface area contributed by atoms with Crippen molar-refractivity contribution < 1.29 is 35.5 Å². The third-order valence-electron chi connectivity index (χ3n) is 6.45. The number of hydrogen-bond donors (Lipinski definition) is 2. The maximum absolute atomic E-state index is 13.6. The molecular weight excluding hydrogens is 588 g/mol. The Morgan fingerprint density at radius 1 is 1.17 bits per heavy atom. The molecule has 0 radical (unpaired) electrons. The van der Waals surface area contributed by atoms with Gasteiger partial charge in [-0.2, -0.15) is 13.2 Å². The number of sulfonamides is 1. The van der Waals surface area contributed by atoms with Crippen LogP contribution >= 0.6 is 11.6 Å². The predicted octanol–water partition coefficient (Wildman–Crippen LogP) is 6.47. The number of aryl methyl sites for hydroxylation is 1. The summed E-state index contributed by atoms with van der Waals surface area (Å²) in [5.41, 5.74) is -1.17. The first-order valence-corrected chi connectivity index (χ1v) is 14.6. The molecule has 1 aromatic heterocycles. The number of carbonyl (C=O) groups is 1. The van der Waals surface area contributed by atoms with Crippen LogP contribution in [0.1, 0.15) is 41.3 Å². The van der Waals surface area contributed by atoms with E-state index in [4.69, 9.17) is 16.3 Å². The van der Waals surface area contributed by atoms with E-state index in [-0.39, 0.29) is 28.4 Å². The Kier molecular flexibility index (Phi) is 9.10. The van der Waals surface area contributed by atoms with Gasteiger partial charge in [-0.1, -0.05) is 18.5 Å². The van der Waals surface area contributed by atoms with Gasteiger partial charge in [0.05, 0.1) is 21.4 Å². The van der Waals surface area contributed by atoms with E-state index in [0.29, 0.717) is 25.6 Å². The summed E-state index contributed by atoms with van der Waals surface area (Å²) in [6, 6.07) is 7.49. The average Bonchev–Trinajstić information content (AvgIpc) is 3.36. The maximum atomic E-state index is 13.6. The molecule has 0 bridgehead atoms. The molecule has 4 rings (SSSR count). The third-order valence-corrected chi connectivity index (χ3v) is 8.52. The van der Waals surface area contributed by atoms with Gasteiger partial charge in [0.25, 0.3) is 5.91 Å². The Morgan fingerprint density at radius 2 is 1.93 bits per heavy atom. The highest BCUT2D eigenvalue weighted by atomic mass is 35.5. The molecule has 0 aliphatic carbocycles. The molecule has 2 aromatic carbocycles. The number of amides is 1. The number of benzene rings is 2. The van der Waals surface area contributed by atoms with Crippen LogP contribution in [-0.4, -0.2) is 49.1 Å². The molecule has 14 heteroatoms. The summed E-state index contributed by atoms with van der Waals surface area (Å²) in [5.74, 6) is -1.94. The highest BCUT2D eigenvalue weighted by Gasteiger charge is 2.36. The Morgan fingerprint density at radius 3 is 2.61 bits per heavy atom. The van der Waals surface area contributed by atoms with Gasteiger partial charge in [-0.25, -0.2) is 17.8 Å². The second kappa shape index (κ2) is 12.2. The number of ether oxygens (including phenoxy) is 1. The zero-order valence-electron chi connectivity index (χ0n) is 22.1. The number of pyridine rings is 1. The molecule has 1 saturated heterocycles. The third kappa shape index (κ3) is 7.46. The van der Waals surface area contributed by atoms with Gasteiger partial charge in [0.1, 0.15) is 23.1 Å². The molecule has 0 unspecified atom stereocenters. The number of carbonyl (C=O) groups excluding carboxylic acids is 1. The molecule has 8 nitrogen and oxygen atoms in total.